The quantitative estimate of drug-likeness (QED) is 0.450. The molecule has 0 amide bonds. The van der Waals surface area contributed by atoms with Crippen molar-refractivity contribution in [2.75, 3.05) is 0 Å². The molecule has 15 heavy (non-hydrogen) atoms. The van der Waals surface area contributed by atoms with E-state index in [2.05, 4.69) is 19.6 Å². The zero-order valence-electron chi connectivity index (χ0n) is 7.23. The Morgan fingerprint density at radius 3 is 3.13 bits per heavy atom. The Morgan fingerprint density at radius 2 is 2.53 bits per heavy atom. The van der Waals surface area contributed by atoms with E-state index in [1.54, 1.807) is 5.51 Å². The van der Waals surface area contributed by atoms with Gasteiger partial charge in [-0.05, 0) is 0 Å². The first-order valence-electron chi connectivity index (χ1n) is 3.79. The number of hydrogen-bond donors (Lipinski definition) is 0. The first kappa shape index (κ1) is 9.46. The van der Waals surface area contributed by atoms with E-state index in [-0.39, 0.29) is 5.88 Å². The summed E-state index contributed by atoms with van der Waals surface area (Å²) in [4.78, 5) is 13.6. The van der Waals surface area contributed by atoms with E-state index in [0.29, 0.717) is 10.7 Å². The minimum absolute atomic E-state index is 0.311. The molecule has 0 N–H and O–H groups in total. The van der Waals surface area contributed by atoms with Crippen molar-refractivity contribution in [1.29, 1.82) is 0 Å². The molecule has 0 saturated carbocycles. The van der Waals surface area contributed by atoms with Crippen molar-refractivity contribution in [2.45, 2.75) is 0 Å². The summed E-state index contributed by atoms with van der Waals surface area (Å²) in [5.41, 5.74) is 2.06. The van der Waals surface area contributed by atoms with Crippen LogP contribution in [-0.2, 0) is 0 Å². The van der Waals surface area contributed by atoms with Crippen molar-refractivity contribution in [3.05, 3.63) is 33.5 Å². The fraction of sp³-hybridized carbons (Fsp3) is 0. The standard InChI is InChI=1S/C7H4N4O3S/c12-11(13)6-1-5(3-14-6)2-8-7-10-9-4-15-7/h1-4H/b8-2+. The summed E-state index contributed by atoms with van der Waals surface area (Å²) in [7, 11) is 0. The van der Waals surface area contributed by atoms with Gasteiger partial charge < -0.3 is 4.42 Å². The third kappa shape index (κ3) is 2.23. The number of rotatable bonds is 3. The van der Waals surface area contributed by atoms with E-state index in [0.717, 1.165) is 0 Å². The van der Waals surface area contributed by atoms with Crippen LogP contribution in [0.15, 0.2) is 27.2 Å². The van der Waals surface area contributed by atoms with Crippen LogP contribution >= 0.6 is 11.3 Å². The molecule has 8 heteroatoms. The van der Waals surface area contributed by atoms with Crippen LogP contribution in [0.25, 0.3) is 0 Å². The third-order valence-corrected chi connectivity index (χ3v) is 2.06. The van der Waals surface area contributed by atoms with Gasteiger partial charge in [0.25, 0.3) is 0 Å². The lowest BCUT2D eigenvalue weighted by Crippen LogP contribution is -1.83. The van der Waals surface area contributed by atoms with Crippen LogP contribution in [0.2, 0.25) is 0 Å². The Labute approximate surface area is 87.2 Å². The van der Waals surface area contributed by atoms with Crippen LogP contribution in [-0.4, -0.2) is 21.3 Å². The molecule has 0 bridgehead atoms. The number of nitro groups is 1. The highest BCUT2D eigenvalue weighted by atomic mass is 32.1. The molecule has 2 heterocycles. The van der Waals surface area contributed by atoms with Crippen molar-refractivity contribution >= 4 is 28.6 Å². The highest BCUT2D eigenvalue weighted by molar-refractivity contribution is 7.13. The van der Waals surface area contributed by atoms with Gasteiger partial charge in [-0.3, -0.25) is 10.1 Å². The molecule has 0 saturated heterocycles. The summed E-state index contributed by atoms with van der Waals surface area (Å²) in [6.45, 7) is 0. The predicted octanol–water partition coefficient (Wildman–Crippen LogP) is 1.79. The summed E-state index contributed by atoms with van der Waals surface area (Å²) in [6, 6.07) is 1.28. The van der Waals surface area contributed by atoms with E-state index in [1.807, 2.05) is 0 Å². The van der Waals surface area contributed by atoms with E-state index in [1.165, 1.54) is 29.9 Å². The molecule has 0 unspecified atom stereocenters. The first-order chi connectivity index (χ1) is 7.25. The Hall–Kier alpha value is -2.09. The average molecular weight is 224 g/mol. The molecule has 76 valence electrons. The van der Waals surface area contributed by atoms with Crippen LogP contribution in [0.1, 0.15) is 5.56 Å². The number of hydrogen-bond acceptors (Lipinski definition) is 7. The van der Waals surface area contributed by atoms with Crippen molar-refractivity contribution in [2.24, 2.45) is 4.99 Å². The number of aromatic nitrogens is 2. The van der Waals surface area contributed by atoms with Gasteiger partial charge in [0.15, 0.2) is 0 Å². The summed E-state index contributed by atoms with van der Waals surface area (Å²) in [5, 5.41) is 18.0. The summed E-state index contributed by atoms with van der Waals surface area (Å²) < 4.78 is 4.67. The van der Waals surface area contributed by atoms with Crippen molar-refractivity contribution in [1.82, 2.24) is 10.2 Å². The van der Waals surface area contributed by atoms with Gasteiger partial charge in [0.1, 0.15) is 16.7 Å². The van der Waals surface area contributed by atoms with Gasteiger partial charge in [-0.15, -0.1) is 10.2 Å². The molecule has 0 radical (unpaired) electrons. The minimum atomic E-state index is -0.609. The SMILES string of the molecule is O=[N+]([O-])c1cc(/C=N/c2nncs2)co1. The lowest BCUT2D eigenvalue weighted by Gasteiger charge is -1.79. The molecule has 0 fully saturated rings. The molecule has 0 spiro atoms. The maximum Gasteiger partial charge on any atom is 0.433 e. The predicted molar refractivity (Wildman–Crippen MR) is 52.5 cm³/mol. The summed E-state index contributed by atoms with van der Waals surface area (Å²) in [5.74, 6) is -0.311. The second kappa shape index (κ2) is 3.96. The Morgan fingerprint density at radius 1 is 1.67 bits per heavy atom. The van der Waals surface area contributed by atoms with E-state index < -0.39 is 4.92 Å². The minimum Gasteiger partial charge on any atom is -0.409 e. The topological polar surface area (TPSA) is 94.4 Å². The van der Waals surface area contributed by atoms with Gasteiger partial charge in [-0.25, -0.2) is 4.99 Å². The maximum absolute atomic E-state index is 10.3. The molecular weight excluding hydrogens is 220 g/mol. The number of nitrogens with zero attached hydrogens (tertiary/aromatic N) is 4. The van der Waals surface area contributed by atoms with Gasteiger partial charge in [-0.2, -0.15) is 0 Å². The van der Waals surface area contributed by atoms with Gasteiger partial charge >= 0.3 is 5.88 Å². The fourth-order valence-corrected chi connectivity index (χ4v) is 1.25. The molecule has 0 aliphatic rings. The first-order valence-corrected chi connectivity index (χ1v) is 4.67. The second-order valence-electron chi connectivity index (χ2n) is 2.45. The monoisotopic (exact) mass is 224 g/mol. The average Bonchev–Trinajstić information content (AvgIpc) is 2.86. The van der Waals surface area contributed by atoms with E-state index in [9.17, 15) is 10.1 Å². The zero-order valence-corrected chi connectivity index (χ0v) is 8.05. The molecule has 0 aliphatic heterocycles. The third-order valence-electron chi connectivity index (χ3n) is 1.46. The Balaban J connectivity index is 2.14. The van der Waals surface area contributed by atoms with E-state index >= 15 is 0 Å². The summed E-state index contributed by atoms with van der Waals surface area (Å²) >= 11 is 1.27. The number of furan rings is 1. The molecule has 7 nitrogen and oxygen atoms in total. The zero-order chi connectivity index (χ0) is 10.7. The van der Waals surface area contributed by atoms with Crippen molar-refractivity contribution < 1.29 is 9.34 Å². The Kier molecular flexibility index (Phi) is 2.50. The lowest BCUT2D eigenvalue weighted by atomic mass is 10.4. The van der Waals surface area contributed by atoms with Gasteiger partial charge in [0, 0.05) is 11.8 Å². The van der Waals surface area contributed by atoms with Crippen molar-refractivity contribution in [3.63, 3.8) is 0 Å². The highest BCUT2D eigenvalue weighted by Gasteiger charge is 2.10. The second-order valence-corrected chi connectivity index (χ2v) is 3.27. The van der Waals surface area contributed by atoms with Crippen molar-refractivity contribution in [3.8, 4) is 0 Å². The van der Waals surface area contributed by atoms with Crippen LogP contribution < -0.4 is 0 Å². The van der Waals surface area contributed by atoms with Crippen LogP contribution in [0.4, 0.5) is 11.0 Å². The number of aliphatic imine (C=N–C) groups is 1. The van der Waals surface area contributed by atoms with Crippen LogP contribution in [0, 0.1) is 10.1 Å². The van der Waals surface area contributed by atoms with E-state index in [4.69, 9.17) is 0 Å². The Bertz CT molecular complexity index is 490. The van der Waals surface area contributed by atoms with Gasteiger partial charge in [0.05, 0.1) is 6.07 Å². The molecule has 0 aliphatic carbocycles. The highest BCUT2D eigenvalue weighted by Crippen LogP contribution is 2.16. The molecule has 2 rings (SSSR count). The van der Waals surface area contributed by atoms with Gasteiger partial charge in [0.2, 0.25) is 5.13 Å². The molecular formula is C7H4N4O3S. The lowest BCUT2D eigenvalue weighted by molar-refractivity contribution is -0.402. The van der Waals surface area contributed by atoms with Gasteiger partial charge in [-0.1, -0.05) is 11.3 Å². The maximum atomic E-state index is 10.3. The molecule has 2 aromatic heterocycles. The molecule has 2 aromatic rings. The smallest absolute Gasteiger partial charge is 0.409 e. The molecule has 0 aromatic carbocycles. The largest absolute Gasteiger partial charge is 0.433 e. The molecule has 0 atom stereocenters. The van der Waals surface area contributed by atoms with Crippen LogP contribution in [0.5, 0.6) is 0 Å². The summed E-state index contributed by atoms with van der Waals surface area (Å²) in [6.07, 6.45) is 2.68. The van der Waals surface area contributed by atoms with Crippen LogP contribution in [0.3, 0.4) is 0 Å². The normalized spacial score (nSPS) is 10.9. The fourth-order valence-electron chi connectivity index (χ4n) is 0.856.